The van der Waals surface area contributed by atoms with Crippen LogP contribution < -0.4 is 5.32 Å². The van der Waals surface area contributed by atoms with Crippen LogP contribution in [0, 0.1) is 5.82 Å². The number of methoxy groups -OCH3 is 1. The Morgan fingerprint density at radius 1 is 1.00 bits per heavy atom. The van der Waals surface area contributed by atoms with Crippen molar-refractivity contribution in [1.29, 1.82) is 0 Å². The summed E-state index contributed by atoms with van der Waals surface area (Å²) in [5.74, 6) is -1.41. The van der Waals surface area contributed by atoms with Crippen molar-refractivity contribution in [2.75, 3.05) is 25.6 Å². The number of ether oxygens (including phenoxy) is 1. The molecule has 3 aromatic carbocycles. The highest BCUT2D eigenvalue weighted by Crippen LogP contribution is 2.43. The van der Waals surface area contributed by atoms with Gasteiger partial charge in [-0.2, -0.15) is 0 Å². The van der Waals surface area contributed by atoms with E-state index in [0.29, 0.717) is 30.0 Å². The third kappa shape index (κ3) is 4.20. The highest BCUT2D eigenvalue weighted by molar-refractivity contribution is 6.04. The maximum atomic E-state index is 13.6. The molecule has 6 heteroatoms. The molecule has 3 aromatic rings. The molecule has 0 spiro atoms. The Kier molecular flexibility index (Phi) is 6.09. The lowest BCUT2D eigenvalue weighted by atomic mass is 9.79. The van der Waals surface area contributed by atoms with Crippen LogP contribution in [0.4, 0.5) is 10.1 Å². The van der Waals surface area contributed by atoms with E-state index in [4.69, 9.17) is 4.74 Å². The van der Waals surface area contributed by atoms with E-state index in [9.17, 15) is 14.0 Å². The Morgan fingerprint density at radius 3 is 2.39 bits per heavy atom. The van der Waals surface area contributed by atoms with E-state index in [1.807, 2.05) is 42.5 Å². The Morgan fingerprint density at radius 2 is 1.68 bits per heavy atom. The number of amides is 2. The quantitative estimate of drug-likeness (QED) is 0.646. The topological polar surface area (TPSA) is 58.6 Å². The van der Waals surface area contributed by atoms with Crippen LogP contribution in [0.2, 0.25) is 0 Å². The second kappa shape index (κ2) is 9.10. The van der Waals surface area contributed by atoms with Crippen LogP contribution in [-0.4, -0.2) is 37.0 Å². The molecule has 31 heavy (non-hydrogen) atoms. The highest BCUT2D eigenvalue weighted by Gasteiger charge is 2.43. The summed E-state index contributed by atoms with van der Waals surface area (Å²) in [5, 5.41) is 2.90. The minimum Gasteiger partial charge on any atom is -0.383 e. The fourth-order valence-corrected chi connectivity index (χ4v) is 4.08. The number of benzene rings is 3. The third-order valence-corrected chi connectivity index (χ3v) is 5.51. The van der Waals surface area contributed by atoms with Crippen molar-refractivity contribution in [3.05, 3.63) is 101 Å². The molecule has 0 saturated carbocycles. The molecule has 0 bridgehead atoms. The lowest BCUT2D eigenvalue weighted by Crippen LogP contribution is -2.47. The second-order valence-corrected chi connectivity index (χ2v) is 7.41. The molecular weight excluding hydrogens is 395 g/mol. The van der Waals surface area contributed by atoms with Gasteiger partial charge in [0.25, 0.3) is 5.91 Å². The Hall–Kier alpha value is -3.51. The largest absolute Gasteiger partial charge is 0.383 e. The zero-order chi connectivity index (χ0) is 21.8. The first kappa shape index (κ1) is 20.8. The summed E-state index contributed by atoms with van der Waals surface area (Å²) >= 11 is 0. The van der Waals surface area contributed by atoms with Gasteiger partial charge in [-0.05, 0) is 41.5 Å². The molecule has 1 heterocycles. The van der Waals surface area contributed by atoms with Gasteiger partial charge in [-0.1, -0.05) is 48.5 Å². The molecule has 4 rings (SSSR count). The molecule has 0 aliphatic carbocycles. The highest BCUT2D eigenvalue weighted by atomic mass is 19.1. The van der Waals surface area contributed by atoms with E-state index < -0.39 is 12.0 Å². The number of halogens is 1. The fourth-order valence-electron chi connectivity index (χ4n) is 4.08. The summed E-state index contributed by atoms with van der Waals surface area (Å²) in [4.78, 5) is 28.6. The maximum Gasteiger partial charge on any atom is 0.254 e. The van der Waals surface area contributed by atoms with Gasteiger partial charge in [-0.3, -0.25) is 9.59 Å². The number of hydrogen-bond donors (Lipinski definition) is 1. The number of nitrogens with one attached hydrogen (secondary N) is 1. The van der Waals surface area contributed by atoms with Crippen LogP contribution in [0.3, 0.4) is 0 Å². The van der Waals surface area contributed by atoms with Crippen molar-refractivity contribution in [2.45, 2.75) is 12.0 Å². The second-order valence-electron chi connectivity index (χ2n) is 7.41. The van der Waals surface area contributed by atoms with E-state index >= 15 is 0 Å². The smallest absolute Gasteiger partial charge is 0.254 e. The first-order chi connectivity index (χ1) is 15.1. The molecule has 1 aliphatic heterocycles. The molecule has 0 aromatic heterocycles. The fraction of sp³-hybridized carbons (Fsp3) is 0.200. The molecule has 2 amide bonds. The number of anilines is 1. The molecule has 1 N–H and O–H groups in total. The summed E-state index contributed by atoms with van der Waals surface area (Å²) in [6.45, 7) is 0.701. The molecule has 0 fully saturated rings. The van der Waals surface area contributed by atoms with Crippen LogP contribution in [-0.2, 0) is 9.53 Å². The summed E-state index contributed by atoms with van der Waals surface area (Å²) in [6, 6.07) is 21.9. The molecule has 0 unspecified atom stereocenters. The van der Waals surface area contributed by atoms with Gasteiger partial charge in [0, 0.05) is 24.9 Å². The number of carbonyl (C=O) groups is 2. The van der Waals surface area contributed by atoms with Gasteiger partial charge in [0.05, 0.1) is 18.6 Å². The number of carbonyl (C=O) groups excluding carboxylic acids is 2. The van der Waals surface area contributed by atoms with Crippen molar-refractivity contribution >= 4 is 17.5 Å². The van der Waals surface area contributed by atoms with Crippen LogP contribution in [0.15, 0.2) is 78.9 Å². The van der Waals surface area contributed by atoms with Crippen LogP contribution in [0.25, 0.3) is 0 Å². The van der Waals surface area contributed by atoms with Gasteiger partial charge in [0.2, 0.25) is 5.91 Å². The molecule has 0 saturated heterocycles. The van der Waals surface area contributed by atoms with Crippen molar-refractivity contribution in [2.24, 2.45) is 0 Å². The standard InChI is InChI=1S/C25H23FN2O3/c1-31-16-15-28-23(17-7-3-2-4-8-17)22(20-9-5-6-10-21(20)25(28)30)24(29)27-19-13-11-18(26)12-14-19/h2-14,22-23H,15-16H2,1H3,(H,27,29)/t22-,23-/m1/s1. The van der Waals surface area contributed by atoms with Crippen molar-refractivity contribution in [3.63, 3.8) is 0 Å². The lowest BCUT2D eigenvalue weighted by Gasteiger charge is -2.41. The van der Waals surface area contributed by atoms with Crippen LogP contribution in [0.5, 0.6) is 0 Å². The molecule has 5 nitrogen and oxygen atoms in total. The summed E-state index contributed by atoms with van der Waals surface area (Å²) in [7, 11) is 1.58. The van der Waals surface area contributed by atoms with Crippen molar-refractivity contribution in [3.8, 4) is 0 Å². The minimum absolute atomic E-state index is 0.132. The number of fused-ring (bicyclic) bond motifs is 1. The van der Waals surface area contributed by atoms with E-state index in [1.165, 1.54) is 24.3 Å². The molecule has 2 atom stereocenters. The monoisotopic (exact) mass is 418 g/mol. The minimum atomic E-state index is -0.641. The Labute approximate surface area is 180 Å². The third-order valence-electron chi connectivity index (χ3n) is 5.51. The Balaban J connectivity index is 1.80. The SMILES string of the molecule is COCCN1C(=O)c2ccccc2[C@@H](C(=O)Nc2ccc(F)cc2)[C@H]1c1ccccc1. The zero-order valence-electron chi connectivity index (χ0n) is 17.1. The van der Waals surface area contributed by atoms with Gasteiger partial charge in [0.15, 0.2) is 0 Å². The molecular formula is C25H23FN2O3. The van der Waals surface area contributed by atoms with E-state index in [2.05, 4.69) is 5.32 Å². The van der Waals surface area contributed by atoms with Gasteiger partial charge in [0.1, 0.15) is 5.82 Å². The molecule has 0 radical (unpaired) electrons. The van der Waals surface area contributed by atoms with Crippen molar-refractivity contribution in [1.82, 2.24) is 4.90 Å². The maximum absolute atomic E-state index is 13.6. The number of rotatable bonds is 6. The van der Waals surface area contributed by atoms with E-state index in [1.54, 1.807) is 24.1 Å². The van der Waals surface area contributed by atoms with Gasteiger partial charge < -0.3 is 15.0 Å². The Bertz CT molecular complexity index is 1070. The van der Waals surface area contributed by atoms with Crippen LogP contribution >= 0.6 is 0 Å². The zero-order valence-corrected chi connectivity index (χ0v) is 17.1. The average Bonchev–Trinajstić information content (AvgIpc) is 2.80. The van der Waals surface area contributed by atoms with Gasteiger partial charge in [-0.15, -0.1) is 0 Å². The predicted molar refractivity (Wildman–Crippen MR) is 116 cm³/mol. The predicted octanol–water partition coefficient (Wildman–Crippen LogP) is 4.39. The molecule has 1 aliphatic rings. The average molecular weight is 418 g/mol. The summed E-state index contributed by atoms with van der Waals surface area (Å²) in [5.41, 5.74) is 2.54. The van der Waals surface area contributed by atoms with E-state index in [0.717, 1.165) is 5.56 Å². The first-order valence-electron chi connectivity index (χ1n) is 10.1. The van der Waals surface area contributed by atoms with Gasteiger partial charge in [-0.25, -0.2) is 4.39 Å². The first-order valence-corrected chi connectivity index (χ1v) is 10.1. The molecule has 158 valence electrons. The number of nitrogens with zero attached hydrogens (tertiary/aromatic N) is 1. The summed E-state index contributed by atoms with van der Waals surface area (Å²) < 4.78 is 18.5. The normalized spacial score (nSPS) is 17.9. The van der Waals surface area contributed by atoms with Gasteiger partial charge >= 0.3 is 0 Å². The number of hydrogen-bond acceptors (Lipinski definition) is 3. The summed E-state index contributed by atoms with van der Waals surface area (Å²) in [6.07, 6.45) is 0. The van der Waals surface area contributed by atoms with Crippen molar-refractivity contribution < 1.29 is 18.7 Å². The van der Waals surface area contributed by atoms with E-state index in [-0.39, 0.29) is 17.6 Å². The lowest BCUT2D eigenvalue weighted by molar-refractivity contribution is -0.119. The van der Waals surface area contributed by atoms with Crippen LogP contribution in [0.1, 0.15) is 33.4 Å².